The summed E-state index contributed by atoms with van der Waals surface area (Å²) in [6.07, 6.45) is 10.9. The first-order valence-electron chi connectivity index (χ1n) is 23.2. The largest absolute Gasteiger partial charge is 0.464 e. The van der Waals surface area contributed by atoms with Crippen molar-refractivity contribution in [1.29, 1.82) is 10.5 Å². The lowest BCUT2D eigenvalue weighted by Gasteiger charge is -2.16. The lowest BCUT2D eigenvalue weighted by Crippen LogP contribution is -2.31. The van der Waals surface area contributed by atoms with Crippen LogP contribution in [0.25, 0.3) is 6.08 Å². The molecule has 67 heavy (non-hydrogen) atoms. The third-order valence-corrected chi connectivity index (χ3v) is 10.8. The minimum absolute atomic E-state index is 0.0586. The number of ether oxygens (including phenoxy) is 2. The van der Waals surface area contributed by atoms with Crippen LogP contribution in [-0.2, 0) is 25.5 Å². The zero-order valence-electron chi connectivity index (χ0n) is 39.2. The maximum Gasteiger partial charge on any atom is 0.348 e. The molecule has 4 rings (SSSR count). The van der Waals surface area contributed by atoms with Gasteiger partial charge in [-0.3, -0.25) is 14.9 Å². The molecule has 2 aromatic heterocycles. The van der Waals surface area contributed by atoms with Crippen LogP contribution in [0.15, 0.2) is 65.0 Å². The predicted molar refractivity (Wildman–Crippen MR) is 259 cm³/mol. The number of rotatable bonds is 28. The number of carbonyl (C=O) groups is 3. The molecule has 0 aliphatic rings. The Morgan fingerprint density at radius 3 is 1.91 bits per heavy atom. The molecule has 0 fully saturated rings. The summed E-state index contributed by atoms with van der Waals surface area (Å²) < 4.78 is 11.1. The number of nitriles is 2. The van der Waals surface area contributed by atoms with E-state index in [9.17, 15) is 29.7 Å². The summed E-state index contributed by atoms with van der Waals surface area (Å²) in [4.78, 5) is 69.9. The smallest absolute Gasteiger partial charge is 0.348 e. The van der Waals surface area contributed by atoms with Crippen molar-refractivity contribution in [2.24, 2.45) is 17.8 Å². The number of benzene rings is 2. The van der Waals surface area contributed by atoms with E-state index >= 15 is 0 Å². The van der Waals surface area contributed by atoms with E-state index in [-0.39, 0.29) is 54.2 Å². The zero-order chi connectivity index (χ0) is 48.4. The third kappa shape index (κ3) is 19.0. The molecule has 0 radical (unpaired) electrons. The summed E-state index contributed by atoms with van der Waals surface area (Å²) in [7, 11) is 0. The molecule has 3 atom stereocenters. The van der Waals surface area contributed by atoms with E-state index in [1.54, 1.807) is 43.3 Å². The number of aromatic amines is 1. The van der Waals surface area contributed by atoms with Crippen molar-refractivity contribution in [3.05, 3.63) is 87.3 Å². The SMILES string of the molecule is CCCCC(CC)COC(=O)/C(C#N)=C/c1ccc(Nc2nc(NCCCCNC(=O)Nc3nc(=O)cc(C)[nH]3)nc(Nc3ccc(CC(C#N)C(=O)OCC(CC)CCCC)cc3)n2)cc1. The number of carbonyl (C=O) groups excluding carboxylic acids is 3. The van der Waals surface area contributed by atoms with Gasteiger partial charge in [0.05, 0.1) is 19.3 Å². The second kappa shape index (κ2) is 28.5. The number of urea groups is 1. The first-order chi connectivity index (χ1) is 32.4. The molecule has 0 saturated carbocycles. The van der Waals surface area contributed by atoms with Crippen molar-refractivity contribution in [1.82, 2.24) is 30.2 Å². The molecule has 356 valence electrons. The number of nitrogens with zero attached hydrogens (tertiary/aromatic N) is 6. The standard InChI is InChI=1S/C49H64N12O6/c1-6-10-14-34(8-3)31-66-43(63)38(29-50)27-36-16-20-40(21-17-36)55-47-58-45(52-24-12-13-25-53-49(65)61-46-54-33(5)26-42(62)57-46)59-48(60-47)56-41-22-18-37(19-23-41)28-39(30-51)44(64)67-32-35(9-4)15-11-7-2/h16-23,26-27,34-35,39H,6-15,24-25,28,31-32H2,1-5H3,(H3,52,55,56,58,59,60)(H3,53,54,57,61,62,65)/b38-27+. The maximum atomic E-state index is 12.8. The lowest BCUT2D eigenvalue weighted by molar-refractivity contribution is -0.148. The van der Waals surface area contributed by atoms with Crippen LogP contribution in [0.2, 0.25) is 0 Å². The van der Waals surface area contributed by atoms with Crippen LogP contribution in [-0.4, -0.2) is 69.2 Å². The number of aryl methyl sites for hydroxylation is 1. The van der Waals surface area contributed by atoms with Crippen molar-refractivity contribution in [2.75, 3.05) is 47.6 Å². The highest BCUT2D eigenvalue weighted by Crippen LogP contribution is 2.23. The maximum absolute atomic E-state index is 12.8. The van der Waals surface area contributed by atoms with E-state index in [1.165, 1.54) is 12.1 Å². The summed E-state index contributed by atoms with van der Waals surface area (Å²) in [5.74, 6) is -0.811. The highest BCUT2D eigenvalue weighted by molar-refractivity contribution is 5.98. The second-order valence-electron chi connectivity index (χ2n) is 16.3. The van der Waals surface area contributed by atoms with Crippen molar-refractivity contribution in [3.63, 3.8) is 0 Å². The molecule has 3 unspecified atom stereocenters. The molecule has 0 aliphatic heterocycles. The van der Waals surface area contributed by atoms with Crippen LogP contribution < -0.4 is 32.1 Å². The number of nitrogens with one attached hydrogen (secondary N) is 6. The Labute approximate surface area is 392 Å². The Bertz CT molecular complexity index is 2370. The van der Waals surface area contributed by atoms with E-state index in [4.69, 9.17) is 9.47 Å². The molecule has 4 aromatic rings. The van der Waals surface area contributed by atoms with Gasteiger partial charge in [0.25, 0.3) is 5.56 Å². The molecule has 2 heterocycles. The molecule has 0 spiro atoms. The zero-order valence-corrected chi connectivity index (χ0v) is 39.2. The highest BCUT2D eigenvalue weighted by Gasteiger charge is 2.22. The van der Waals surface area contributed by atoms with E-state index in [0.717, 1.165) is 56.9 Å². The molecule has 18 nitrogen and oxygen atoms in total. The molecule has 2 amide bonds. The minimum Gasteiger partial charge on any atom is -0.464 e. The Morgan fingerprint density at radius 1 is 0.761 bits per heavy atom. The second-order valence-corrected chi connectivity index (χ2v) is 16.3. The number of unbranched alkanes of at least 4 members (excludes halogenated alkanes) is 3. The van der Waals surface area contributed by atoms with E-state index in [2.05, 4.69) is 85.3 Å². The first-order valence-corrected chi connectivity index (χ1v) is 23.2. The molecular formula is C49H64N12O6. The van der Waals surface area contributed by atoms with Gasteiger partial charge in [-0.15, -0.1) is 0 Å². The van der Waals surface area contributed by atoms with Crippen molar-refractivity contribution in [3.8, 4) is 12.1 Å². The fourth-order valence-corrected chi connectivity index (χ4v) is 6.74. The fourth-order valence-electron chi connectivity index (χ4n) is 6.74. The van der Waals surface area contributed by atoms with Crippen molar-refractivity contribution in [2.45, 2.75) is 105 Å². The molecule has 2 aromatic carbocycles. The van der Waals surface area contributed by atoms with Crippen LogP contribution in [0.4, 0.5) is 40.0 Å². The minimum atomic E-state index is -0.933. The molecule has 0 aliphatic carbocycles. The normalized spacial score (nSPS) is 12.4. The Hall–Kier alpha value is -7.34. The topological polar surface area (TPSA) is 262 Å². The van der Waals surface area contributed by atoms with Gasteiger partial charge in [0.15, 0.2) is 0 Å². The summed E-state index contributed by atoms with van der Waals surface area (Å²) in [5.41, 5.74) is 2.70. The highest BCUT2D eigenvalue weighted by atomic mass is 16.5. The van der Waals surface area contributed by atoms with Gasteiger partial charge in [0.2, 0.25) is 23.8 Å². The summed E-state index contributed by atoms with van der Waals surface area (Å²) in [6, 6.07) is 19.2. The van der Waals surface area contributed by atoms with E-state index in [0.29, 0.717) is 55.2 Å². The van der Waals surface area contributed by atoms with Gasteiger partial charge in [0.1, 0.15) is 17.6 Å². The van der Waals surface area contributed by atoms with Crippen molar-refractivity contribution >= 4 is 59.2 Å². The quantitative estimate of drug-likeness (QED) is 0.0134. The van der Waals surface area contributed by atoms with Gasteiger partial charge in [-0.2, -0.15) is 30.5 Å². The average molecular weight is 917 g/mol. The number of hydrogen-bond acceptors (Lipinski definition) is 15. The van der Waals surface area contributed by atoms with Crippen LogP contribution in [0.5, 0.6) is 0 Å². The van der Waals surface area contributed by atoms with E-state index < -0.39 is 29.4 Å². The number of aromatic nitrogens is 5. The van der Waals surface area contributed by atoms with Crippen LogP contribution in [0.3, 0.4) is 0 Å². The van der Waals surface area contributed by atoms with Gasteiger partial charge in [-0.25, -0.2) is 9.59 Å². The van der Waals surface area contributed by atoms with E-state index in [1.807, 2.05) is 18.2 Å². The predicted octanol–water partition coefficient (Wildman–Crippen LogP) is 8.87. The lowest BCUT2D eigenvalue weighted by atomic mass is 9.99. The van der Waals surface area contributed by atoms with Crippen molar-refractivity contribution < 1.29 is 23.9 Å². The number of anilines is 6. The summed E-state index contributed by atoms with van der Waals surface area (Å²) >= 11 is 0. The summed E-state index contributed by atoms with van der Waals surface area (Å²) in [6.45, 7) is 11.5. The van der Waals surface area contributed by atoms with Crippen LogP contribution in [0, 0.1) is 47.3 Å². The number of hydrogen-bond donors (Lipinski definition) is 6. The number of amides is 2. The van der Waals surface area contributed by atoms with Gasteiger partial charge < -0.3 is 35.7 Å². The number of H-pyrrole nitrogens is 1. The fraction of sp³-hybridized carbons (Fsp3) is 0.469. The Balaban J connectivity index is 1.42. The van der Waals surface area contributed by atoms with Gasteiger partial charge in [0, 0.05) is 36.2 Å². The molecule has 0 saturated heterocycles. The Kier molecular flexibility index (Phi) is 22.3. The average Bonchev–Trinajstić information content (AvgIpc) is 3.31. The van der Waals surface area contributed by atoms with Gasteiger partial charge in [-0.1, -0.05) is 90.5 Å². The monoisotopic (exact) mass is 917 g/mol. The van der Waals surface area contributed by atoms with Crippen LogP contribution >= 0.6 is 0 Å². The molecule has 18 heteroatoms. The molecule has 6 N–H and O–H groups in total. The van der Waals surface area contributed by atoms with Crippen LogP contribution in [0.1, 0.15) is 109 Å². The molecule has 0 bridgehead atoms. The summed E-state index contributed by atoms with van der Waals surface area (Å²) in [5, 5.41) is 34.4. The Morgan fingerprint density at radius 2 is 1.34 bits per heavy atom. The first kappa shape index (κ1) is 52.3. The van der Waals surface area contributed by atoms with Gasteiger partial charge in [-0.05, 0) is 92.3 Å². The van der Waals surface area contributed by atoms with Gasteiger partial charge >= 0.3 is 18.0 Å². The number of esters is 2. The third-order valence-electron chi connectivity index (χ3n) is 10.8. The molecular weight excluding hydrogens is 853 g/mol.